The van der Waals surface area contributed by atoms with Crippen LogP contribution in [0.3, 0.4) is 0 Å². The van der Waals surface area contributed by atoms with Crippen LogP contribution in [0.2, 0.25) is 0 Å². The number of carbonyl (C=O) groups is 1. The van der Waals surface area contributed by atoms with Crippen LogP contribution in [0.15, 0.2) is 10.5 Å². The Morgan fingerprint density at radius 3 is 3.00 bits per heavy atom. The van der Waals surface area contributed by atoms with Crippen molar-refractivity contribution in [1.29, 1.82) is 0 Å². The highest BCUT2D eigenvalue weighted by Crippen LogP contribution is 2.34. The largest absolute Gasteiger partial charge is 0.325 e. The Bertz CT molecular complexity index is 403. The maximum Gasteiger partial charge on any atom is 0.228 e. The number of anilines is 1. The minimum atomic E-state index is -0.312. The van der Waals surface area contributed by atoms with Gasteiger partial charge in [-0.1, -0.05) is 0 Å². The molecule has 0 fully saturated rings. The van der Waals surface area contributed by atoms with Gasteiger partial charge < -0.3 is 5.32 Å². The summed E-state index contributed by atoms with van der Waals surface area (Å²) in [5.41, 5.74) is 2.24. The van der Waals surface area contributed by atoms with Gasteiger partial charge in [0.1, 0.15) is 5.82 Å². The van der Waals surface area contributed by atoms with Gasteiger partial charge in [0.05, 0.1) is 10.9 Å². The second-order valence-corrected chi connectivity index (χ2v) is 3.86. The van der Waals surface area contributed by atoms with Crippen LogP contribution < -0.4 is 5.32 Å². The third kappa shape index (κ3) is 1.25. The molecule has 0 radical (unpaired) electrons. The van der Waals surface area contributed by atoms with Crippen molar-refractivity contribution >= 4 is 27.5 Å². The molecule has 0 saturated heterocycles. The van der Waals surface area contributed by atoms with Crippen molar-refractivity contribution in [2.75, 3.05) is 5.32 Å². The van der Waals surface area contributed by atoms with E-state index in [2.05, 4.69) is 21.2 Å². The quantitative estimate of drug-likeness (QED) is 0.745. The van der Waals surface area contributed by atoms with Gasteiger partial charge in [0, 0.05) is 11.3 Å². The third-order valence-electron chi connectivity index (χ3n) is 2.12. The molecule has 0 atom stereocenters. The molecule has 0 spiro atoms. The number of rotatable bonds is 0. The summed E-state index contributed by atoms with van der Waals surface area (Å²) in [5.74, 6) is -0.392. The summed E-state index contributed by atoms with van der Waals surface area (Å²) < 4.78 is 13.6. The van der Waals surface area contributed by atoms with Gasteiger partial charge in [-0.3, -0.25) is 4.79 Å². The van der Waals surface area contributed by atoms with Gasteiger partial charge >= 0.3 is 0 Å². The van der Waals surface area contributed by atoms with Gasteiger partial charge in [0.15, 0.2) is 0 Å². The molecule has 2 rings (SSSR count). The number of benzene rings is 1. The molecule has 2 nitrogen and oxygen atoms in total. The van der Waals surface area contributed by atoms with Gasteiger partial charge in [-0.2, -0.15) is 0 Å². The van der Waals surface area contributed by atoms with E-state index in [9.17, 15) is 9.18 Å². The fourth-order valence-electron chi connectivity index (χ4n) is 1.50. The average molecular weight is 244 g/mol. The van der Waals surface area contributed by atoms with Crippen LogP contribution >= 0.6 is 15.9 Å². The van der Waals surface area contributed by atoms with E-state index in [1.54, 1.807) is 6.92 Å². The lowest BCUT2D eigenvalue weighted by atomic mass is 10.1. The summed E-state index contributed by atoms with van der Waals surface area (Å²) in [6.45, 7) is 1.78. The normalized spacial score (nSPS) is 14.2. The van der Waals surface area contributed by atoms with Gasteiger partial charge in [-0.15, -0.1) is 0 Å². The maximum absolute atomic E-state index is 13.2. The first-order valence-corrected chi connectivity index (χ1v) is 4.66. The smallest absolute Gasteiger partial charge is 0.228 e. The number of halogens is 2. The van der Waals surface area contributed by atoms with Crippen LogP contribution in [0.4, 0.5) is 10.1 Å². The molecule has 1 aliphatic heterocycles. The highest BCUT2D eigenvalue weighted by molar-refractivity contribution is 9.10. The number of hydrogen-bond acceptors (Lipinski definition) is 1. The predicted molar refractivity (Wildman–Crippen MR) is 51.2 cm³/mol. The fraction of sp³-hybridized carbons (Fsp3) is 0.222. The second-order valence-electron chi connectivity index (χ2n) is 3.07. The number of amides is 1. The van der Waals surface area contributed by atoms with Crippen molar-refractivity contribution in [3.8, 4) is 0 Å². The van der Waals surface area contributed by atoms with E-state index in [1.165, 1.54) is 6.07 Å². The highest BCUT2D eigenvalue weighted by atomic mass is 79.9. The Morgan fingerprint density at radius 2 is 2.31 bits per heavy atom. The van der Waals surface area contributed by atoms with Crippen molar-refractivity contribution < 1.29 is 9.18 Å². The monoisotopic (exact) mass is 243 g/mol. The molecule has 1 N–H and O–H groups in total. The molecule has 1 amide bonds. The van der Waals surface area contributed by atoms with Gasteiger partial charge in [-0.25, -0.2) is 4.39 Å². The first kappa shape index (κ1) is 8.69. The lowest BCUT2D eigenvalue weighted by Crippen LogP contribution is -2.04. The van der Waals surface area contributed by atoms with Crippen LogP contribution in [-0.4, -0.2) is 5.91 Å². The molecule has 0 aromatic heterocycles. The Kier molecular flexibility index (Phi) is 1.87. The zero-order chi connectivity index (χ0) is 9.59. The van der Waals surface area contributed by atoms with Crippen LogP contribution in [0.1, 0.15) is 11.1 Å². The van der Waals surface area contributed by atoms with Crippen molar-refractivity contribution in [1.82, 2.24) is 0 Å². The van der Waals surface area contributed by atoms with E-state index in [-0.39, 0.29) is 18.1 Å². The van der Waals surface area contributed by atoms with Gasteiger partial charge in [0.25, 0.3) is 0 Å². The van der Waals surface area contributed by atoms with Gasteiger partial charge in [-0.05, 0) is 34.5 Å². The molecule has 0 unspecified atom stereocenters. The van der Waals surface area contributed by atoms with Crippen molar-refractivity contribution in [2.45, 2.75) is 13.3 Å². The Balaban J connectivity index is 2.69. The average Bonchev–Trinajstić information content (AvgIpc) is 2.44. The van der Waals surface area contributed by atoms with Crippen molar-refractivity contribution in [3.63, 3.8) is 0 Å². The van der Waals surface area contributed by atoms with Crippen LogP contribution in [-0.2, 0) is 11.2 Å². The standard InChI is InChI=1S/C9H7BrFNO/c1-4-2-6(11)8(10)5-3-7(13)12-9(4)5/h2H,3H2,1H3,(H,12,13). The van der Waals surface area contributed by atoms with Gasteiger partial charge in [0.2, 0.25) is 5.91 Å². The molecule has 1 aliphatic rings. The first-order valence-electron chi connectivity index (χ1n) is 3.87. The summed E-state index contributed by atoms with van der Waals surface area (Å²) in [5, 5.41) is 2.70. The number of fused-ring (bicyclic) bond motifs is 1. The molecule has 1 aromatic carbocycles. The molecule has 1 aromatic rings. The molecule has 0 bridgehead atoms. The number of nitrogens with one attached hydrogen (secondary N) is 1. The van der Waals surface area contributed by atoms with E-state index >= 15 is 0 Å². The third-order valence-corrected chi connectivity index (χ3v) is 2.97. The van der Waals surface area contributed by atoms with Crippen LogP contribution in [0.25, 0.3) is 0 Å². The van der Waals surface area contributed by atoms with E-state index in [1.807, 2.05) is 0 Å². The summed E-state index contributed by atoms with van der Waals surface area (Å²) in [6.07, 6.45) is 0.258. The summed E-state index contributed by atoms with van der Waals surface area (Å²) >= 11 is 3.13. The fourth-order valence-corrected chi connectivity index (χ4v) is 1.95. The van der Waals surface area contributed by atoms with Crippen molar-refractivity contribution in [3.05, 3.63) is 27.5 Å². The second kappa shape index (κ2) is 2.80. The van der Waals surface area contributed by atoms with E-state index in [0.717, 1.165) is 16.8 Å². The minimum absolute atomic E-state index is 0.0793. The van der Waals surface area contributed by atoms with E-state index in [4.69, 9.17) is 0 Å². The first-order chi connectivity index (χ1) is 6.09. The molecule has 0 aliphatic carbocycles. The minimum Gasteiger partial charge on any atom is -0.325 e. The molecular weight excluding hydrogens is 237 g/mol. The topological polar surface area (TPSA) is 29.1 Å². The SMILES string of the molecule is Cc1cc(F)c(Br)c2c1NC(=O)C2. The molecule has 1 heterocycles. The predicted octanol–water partition coefficient (Wildman–Crippen LogP) is 2.39. The summed E-state index contributed by atoms with van der Waals surface area (Å²) in [4.78, 5) is 11.1. The molecule has 4 heteroatoms. The summed E-state index contributed by atoms with van der Waals surface area (Å²) in [6, 6.07) is 1.41. The molecule has 68 valence electrons. The number of hydrogen-bond donors (Lipinski definition) is 1. The van der Waals surface area contributed by atoms with Crippen LogP contribution in [0.5, 0.6) is 0 Å². The van der Waals surface area contributed by atoms with E-state index < -0.39 is 0 Å². The number of carbonyl (C=O) groups excluding carboxylic acids is 1. The number of aryl methyl sites for hydroxylation is 1. The Labute approximate surface area is 83.3 Å². The highest BCUT2D eigenvalue weighted by Gasteiger charge is 2.23. The maximum atomic E-state index is 13.2. The van der Waals surface area contributed by atoms with Crippen molar-refractivity contribution in [2.24, 2.45) is 0 Å². The molecule has 13 heavy (non-hydrogen) atoms. The summed E-state index contributed by atoms with van der Waals surface area (Å²) in [7, 11) is 0. The molecular formula is C9H7BrFNO. The zero-order valence-corrected chi connectivity index (χ0v) is 8.53. The lowest BCUT2D eigenvalue weighted by Gasteiger charge is -2.05. The zero-order valence-electron chi connectivity index (χ0n) is 6.95. The Morgan fingerprint density at radius 1 is 1.62 bits per heavy atom. The molecule has 0 saturated carbocycles. The lowest BCUT2D eigenvalue weighted by molar-refractivity contribution is -0.115. The Hall–Kier alpha value is -0.900. The van der Waals surface area contributed by atoms with E-state index in [0.29, 0.717) is 4.47 Å². The van der Waals surface area contributed by atoms with Crippen LogP contribution in [0, 0.1) is 12.7 Å².